The van der Waals surface area contributed by atoms with E-state index in [9.17, 15) is 0 Å². The van der Waals surface area contributed by atoms with Crippen molar-refractivity contribution in [1.29, 1.82) is 0 Å². The second-order valence-corrected chi connectivity index (χ2v) is 4.03. The lowest BCUT2D eigenvalue weighted by Crippen LogP contribution is -1.99. The highest BCUT2D eigenvalue weighted by atomic mass is 35.5. The zero-order valence-corrected chi connectivity index (χ0v) is 9.97. The standard InChI is InChI=1S/C12H17ClO2/c1-9-7-11(8-10(2)12(9)13)15-6-4-3-5-14/h7-8,14H,3-6H2,1-2H3. The zero-order chi connectivity index (χ0) is 11.3. The molecule has 0 bridgehead atoms. The van der Waals surface area contributed by atoms with Crippen molar-refractivity contribution in [2.45, 2.75) is 26.7 Å². The Morgan fingerprint density at radius 1 is 1.20 bits per heavy atom. The van der Waals surface area contributed by atoms with Gasteiger partial charge in [0.1, 0.15) is 5.75 Å². The summed E-state index contributed by atoms with van der Waals surface area (Å²) in [5.74, 6) is 0.854. The predicted molar refractivity (Wildman–Crippen MR) is 62.7 cm³/mol. The van der Waals surface area contributed by atoms with E-state index < -0.39 is 0 Å². The molecule has 0 unspecified atom stereocenters. The fraction of sp³-hybridized carbons (Fsp3) is 0.500. The van der Waals surface area contributed by atoms with Gasteiger partial charge in [0, 0.05) is 11.6 Å². The van der Waals surface area contributed by atoms with E-state index in [0.717, 1.165) is 34.7 Å². The Morgan fingerprint density at radius 2 is 1.80 bits per heavy atom. The number of ether oxygens (including phenoxy) is 1. The van der Waals surface area contributed by atoms with E-state index in [0.29, 0.717) is 6.61 Å². The number of rotatable bonds is 5. The lowest BCUT2D eigenvalue weighted by Gasteiger charge is -2.09. The maximum absolute atomic E-state index is 8.62. The van der Waals surface area contributed by atoms with Gasteiger partial charge in [-0.2, -0.15) is 0 Å². The summed E-state index contributed by atoms with van der Waals surface area (Å²) in [6.07, 6.45) is 1.66. The van der Waals surface area contributed by atoms with Crippen LogP contribution in [-0.2, 0) is 0 Å². The second-order valence-electron chi connectivity index (χ2n) is 3.65. The summed E-state index contributed by atoms with van der Waals surface area (Å²) in [4.78, 5) is 0. The predicted octanol–water partition coefficient (Wildman–Crippen LogP) is 3.11. The number of halogens is 1. The van der Waals surface area contributed by atoms with Crippen molar-refractivity contribution < 1.29 is 9.84 Å². The van der Waals surface area contributed by atoms with Crippen LogP contribution in [0.5, 0.6) is 5.75 Å². The molecule has 0 amide bonds. The van der Waals surface area contributed by atoms with Gasteiger partial charge in [0.25, 0.3) is 0 Å². The highest BCUT2D eigenvalue weighted by molar-refractivity contribution is 6.32. The first-order chi connectivity index (χ1) is 7.15. The largest absolute Gasteiger partial charge is 0.494 e. The molecule has 0 saturated heterocycles. The van der Waals surface area contributed by atoms with Crippen LogP contribution in [0.25, 0.3) is 0 Å². The summed E-state index contributed by atoms with van der Waals surface area (Å²) >= 11 is 6.04. The lowest BCUT2D eigenvalue weighted by molar-refractivity contribution is 0.253. The third kappa shape index (κ3) is 3.73. The molecule has 0 heterocycles. The minimum absolute atomic E-state index is 0.224. The number of unbranched alkanes of at least 4 members (excludes halogenated alkanes) is 1. The summed E-state index contributed by atoms with van der Waals surface area (Å²) in [7, 11) is 0. The lowest BCUT2D eigenvalue weighted by atomic mass is 10.1. The fourth-order valence-electron chi connectivity index (χ4n) is 1.39. The van der Waals surface area contributed by atoms with Gasteiger partial charge in [0.2, 0.25) is 0 Å². The van der Waals surface area contributed by atoms with E-state index in [-0.39, 0.29) is 6.61 Å². The highest BCUT2D eigenvalue weighted by Crippen LogP contribution is 2.25. The second kappa shape index (κ2) is 5.99. The molecule has 0 aliphatic rings. The van der Waals surface area contributed by atoms with Gasteiger partial charge in [-0.15, -0.1) is 0 Å². The van der Waals surface area contributed by atoms with Crippen LogP contribution in [0.3, 0.4) is 0 Å². The van der Waals surface area contributed by atoms with Crippen molar-refractivity contribution in [3.8, 4) is 5.75 Å². The van der Waals surface area contributed by atoms with Crippen molar-refractivity contribution in [1.82, 2.24) is 0 Å². The fourth-order valence-corrected chi connectivity index (χ4v) is 1.50. The maximum Gasteiger partial charge on any atom is 0.119 e. The van der Waals surface area contributed by atoms with E-state index in [1.807, 2.05) is 26.0 Å². The smallest absolute Gasteiger partial charge is 0.119 e. The molecule has 0 radical (unpaired) electrons. The topological polar surface area (TPSA) is 29.5 Å². The minimum atomic E-state index is 0.224. The third-order valence-electron chi connectivity index (χ3n) is 2.23. The number of aliphatic hydroxyl groups is 1. The Kier molecular flexibility index (Phi) is 4.92. The summed E-state index contributed by atoms with van der Waals surface area (Å²) in [6.45, 7) is 4.80. The van der Waals surface area contributed by atoms with Crippen molar-refractivity contribution in [3.63, 3.8) is 0 Å². The summed E-state index contributed by atoms with van der Waals surface area (Å²) in [5, 5.41) is 9.42. The quantitative estimate of drug-likeness (QED) is 0.785. The number of hydrogen-bond donors (Lipinski definition) is 1. The van der Waals surface area contributed by atoms with Gasteiger partial charge in [-0.25, -0.2) is 0 Å². The third-order valence-corrected chi connectivity index (χ3v) is 2.83. The van der Waals surface area contributed by atoms with E-state index in [1.54, 1.807) is 0 Å². The number of aliphatic hydroxyl groups excluding tert-OH is 1. The van der Waals surface area contributed by atoms with Gasteiger partial charge in [0.15, 0.2) is 0 Å². The van der Waals surface area contributed by atoms with Crippen molar-refractivity contribution >= 4 is 11.6 Å². The van der Waals surface area contributed by atoms with Gasteiger partial charge in [-0.3, -0.25) is 0 Å². The van der Waals surface area contributed by atoms with E-state index in [4.69, 9.17) is 21.4 Å². The van der Waals surface area contributed by atoms with Crippen LogP contribution >= 0.6 is 11.6 Å². The van der Waals surface area contributed by atoms with Crippen LogP contribution < -0.4 is 4.74 Å². The van der Waals surface area contributed by atoms with E-state index in [2.05, 4.69) is 0 Å². The molecule has 2 nitrogen and oxygen atoms in total. The first kappa shape index (κ1) is 12.3. The van der Waals surface area contributed by atoms with Gasteiger partial charge >= 0.3 is 0 Å². The molecule has 0 spiro atoms. The first-order valence-corrected chi connectivity index (χ1v) is 5.53. The van der Waals surface area contributed by atoms with Gasteiger partial charge in [-0.1, -0.05) is 11.6 Å². The van der Waals surface area contributed by atoms with Crippen LogP contribution in [0.2, 0.25) is 5.02 Å². The average Bonchev–Trinajstić information content (AvgIpc) is 2.21. The van der Waals surface area contributed by atoms with Crippen LogP contribution in [0.15, 0.2) is 12.1 Å². The van der Waals surface area contributed by atoms with Crippen LogP contribution in [0.4, 0.5) is 0 Å². The van der Waals surface area contributed by atoms with Crippen molar-refractivity contribution in [2.24, 2.45) is 0 Å². The Bertz CT molecular complexity index is 300. The van der Waals surface area contributed by atoms with Gasteiger partial charge < -0.3 is 9.84 Å². The van der Waals surface area contributed by atoms with Crippen molar-refractivity contribution in [3.05, 3.63) is 28.3 Å². The molecule has 0 atom stereocenters. The molecule has 0 aromatic heterocycles. The monoisotopic (exact) mass is 228 g/mol. The van der Waals surface area contributed by atoms with Crippen LogP contribution in [0.1, 0.15) is 24.0 Å². The normalized spacial score (nSPS) is 10.4. The zero-order valence-electron chi connectivity index (χ0n) is 9.22. The highest BCUT2D eigenvalue weighted by Gasteiger charge is 2.03. The molecular weight excluding hydrogens is 212 g/mol. The van der Waals surface area contributed by atoms with E-state index >= 15 is 0 Å². The van der Waals surface area contributed by atoms with Crippen LogP contribution in [0, 0.1) is 13.8 Å². The molecule has 0 aliphatic heterocycles. The average molecular weight is 229 g/mol. The maximum atomic E-state index is 8.62. The Labute approximate surface area is 95.8 Å². The molecular formula is C12H17ClO2. The summed E-state index contributed by atoms with van der Waals surface area (Å²) in [6, 6.07) is 3.88. The SMILES string of the molecule is Cc1cc(OCCCCO)cc(C)c1Cl. The molecule has 1 aromatic rings. The minimum Gasteiger partial charge on any atom is -0.494 e. The van der Waals surface area contributed by atoms with Crippen molar-refractivity contribution in [2.75, 3.05) is 13.2 Å². The van der Waals surface area contributed by atoms with Gasteiger partial charge in [0.05, 0.1) is 6.61 Å². The molecule has 0 saturated carbocycles. The molecule has 15 heavy (non-hydrogen) atoms. The molecule has 0 aliphatic carbocycles. The number of hydrogen-bond acceptors (Lipinski definition) is 2. The Hall–Kier alpha value is -0.730. The molecule has 1 N–H and O–H groups in total. The molecule has 3 heteroatoms. The molecule has 84 valence electrons. The number of aryl methyl sites for hydroxylation is 2. The molecule has 1 rings (SSSR count). The van der Waals surface area contributed by atoms with E-state index in [1.165, 1.54) is 0 Å². The Morgan fingerprint density at radius 3 is 2.33 bits per heavy atom. The number of benzene rings is 1. The van der Waals surface area contributed by atoms with Crippen LogP contribution in [-0.4, -0.2) is 18.3 Å². The first-order valence-electron chi connectivity index (χ1n) is 5.15. The Balaban J connectivity index is 2.55. The summed E-state index contributed by atoms with van der Waals surface area (Å²) in [5.41, 5.74) is 2.07. The summed E-state index contributed by atoms with van der Waals surface area (Å²) < 4.78 is 5.55. The molecule has 1 aromatic carbocycles. The molecule has 0 fully saturated rings. The van der Waals surface area contributed by atoms with Gasteiger partial charge in [-0.05, 0) is 49.9 Å².